The Labute approximate surface area is 81.4 Å². The van der Waals surface area contributed by atoms with Gasteiger partial charge in [-0.1, -0.05) is 18.6 Å². The number of hydrogen-bond donors (Lipinski definition) is 0. The third-order valence-electron chi connectivity index (χ3n) is 1.70. The smallest absolute Gasteiger partial charge is 0.0351 e. The Morgan fingerprint density at radius 1 is 1.33 bits per heavy atom. The van der Waals surface area contributed by atoms with Gasteiger partial charge in [-0.3, -0.25) is 4.90 Å². The highest BCUT2D eigenvalue weighted by atomic mass is 35.5. The summed E-state index contributed by atoms with van der Waals surface area (Å²) < 4.78 is 0. The maximum atomic E-state index is 5.68. The molecule has 0 radical (unpaired) electrons. The molecule has 0 saturated heterocycles. The molecule has 0 aromatic carbocycles. The van der Waals surface area contributed by atoms with Crippen LogP contribution in [0.3, 0.4) is 0 Å². The standard InChI is InChI=1S/C10H20ClN/c1-4-7-12(9-6-11)8-5-10(2)3/h5H,4,6-9H2,1-3H3. The maximum absolute atomic E-state index is 5.68. The third kappa shape index (κ3) is 6.68. The summed E-state index contributed by atoms with van der Waals surface area (Å²) in [6.45, 7) is 9.65. The van der Waals surface area contributed by atoms with Gasteiger partial charge in [0.1, 0.15) is 0 Å². The van der Waals surface area contributed by atoms with Crippen LogP contribution in [0.25, 0.3) is 0 Å². The van der Waals surface area contributed by atoms with Crippen molar-refractivity contribution in [3.05, 3.63) is 11.6 Å². The maximum Gasteiger partial charge on any atom is 0.0351 e. The molecular formula is C10H20ClN. The zero-order chi connectivity index (χ0) is 9.40. The summed E-state index contributed by atoms with van der Waals surface area (Å²) in [4.78, 5) is 2.38. The highest BCUT2D eigenvalue weighted by Gasteiger charge is 1.99. The minimum Gasteiger partial charge on any atom is -0.299 e. The second kappa shape index (κ2) is 7.63. The predicted molar refractivity (Wildman–Crippen MR) is 56.9 cm³/mol. The Bertz CT molecular complexity index is 122. The minimum atomic E-state index is 0.733. The van der Waals surface area contributed by atoms with Gasteiger partial charge in [-0.25, -0.2) is 0 Å². The van der Waals surface area contributed by atoms with Gasteiger partial charge in [0.15, 0.2) is 0 Å². The molecule has 0 unspecified atom stereocenters. The van der Waals surface area contributed by atoms with Gasteiger partial charge in [-0.05, 0) is 26.8 Å². The van der Waals surface area contributed by atoms with E-state index in [2.05, 4.69) is 31.7 Å². The van der Waals surface area contributed by atoms with Gasteiger partial charge >= 0.3 is 0 Å². The lowest BCUT2D eigenvalue weighted by Gasteiger charge is -2.18. The van der Waals surface area contributed by atoms with Gasteiger partial charge in [0.05, 0.1) is 0 Å². The molecule has 0 aromatic rings. The van der Waals surface area contributed by atoms with E-state index in [9.17, 15) is 0 Å². The van der Waals surface area contributed by atoms with Crippen LogP contribution >= 0.6 is 11.6 Å². The number of nitrogens with zero attached hydrogens (tertiary/aromatic N) is 1. The highest BCUT2D eigenvalue weighted by molar-refractivity contribution is 6.18. The van der Waals surface area contributed by atoms with Gasteiger partial charge in [0.25, 0.3) is 0 Å². The molecule has 0 aliphatic heterocycles. The number of halogens is 1. The van der Waals surface area contributed by atoms with Crippen molar-refractivity contribution in [2.24, 2.45) is 0 Å². The molecule has 0 aliphatic rings. The zero-order valence-electron chi connectivity index (χ0n) is 8.44. The normalized spacial score (nSPS) is 10.4. The van der Waals surface area contributed by atoms with Gasteiger partial charge < -0.3 is 0 Å². The molecule has 72 valence electrons. The van der Waals surface area contributed by atoms with Crippen LogP contribution in [-0.2, 0) is 0 Å². The monoisotopic (exact) mass is 189 g/mol. The molecule has 1 nitrogen and oxygen atoms in total. The molecule has 0 spiro atoms. The zero-order valence-corrected chi connectivity index (χ0v) is 9.19. The van der Waals surface area contributed by atoms with E-state index in [1.807, 2.05) is 0 Å². The lowest BCUT2D eigenvalue weighted by atomic mass is 10.3. The SMILES string of the molecule is CCCN(CC=C(C)C)CCCl. The second-order valence-corrected chi connectivity index (χ2v) is 3.65. The molecule has 12 heavy (non-hydrogen) atoms. The number of rotatable bonds is 6. The summed E-state index contributed by atoms with van der Waals surface area (Å²) in [5, 5.41) is 0. The molecule has 0 saturated carbocycles. The fourth-order valence-corrected chi connectivity index (χ4v) is 1.28. The van der Waals surface area contributed by atoms with Crippen molar-refractivity contribution in [2.45, 2.75) is 27.2 Å². The molecule has 0 N–H and O–H groups in total. The molecule has 0 heterocycles. The Hall–Kier alpha value is -0.0100. The average molecular weight is 190 g/mol. The molecule has 0 amide bonds. The van der Waals surface area contributed by atoms with E-state index in [4.69, 9.17) is 11.6 Å². The molecule has 0 fully saturated rings. The first-order valence-electron chi connectivity index (χ1n) is 4.62. The lowest BCUT2D eigenvalue weighted by molar-refractivity contribution is 0.321. The topological polar surface area (TPSA) is 3.24 Å². The van der Waals surface area contributed by atoms with Crippen molar-refractivity contribution in [1.82, 2.24) is 4.90 Å². The van der Waals surface area contributed by atoms with Crippen LogP contribution in [0.5, 0.6) is 0 Å². The van der Waals surface area contributed by atoms with Gasteiger partial charge in [-0.15, -0.1) is 11.6 Å². The van der Waals surface area contributed by atoms with Crippen molar-refractivity contribution < 1.29 is 0 Å². The number of alkyl halides is 1. The van der Waals surface area contributed by atoms with E-state index in [0.29, 0.717) is 0 Å². The van der Waals surface area contributed by atoms with E-state index in [0.717, 1.165) is 25.5 Å². The van der Waals surface area contributed by atoms with Crippen molar-refractivity contribution in [3.8, 4) is 0 Å². The number of allylic oxidation sites excluding steroid dienone is 1. The largest absolute Gasteiger partial charge is 0.299 e. The Kier molecular flexibility index (Phi) is 7.62. The van der Waals surface area contributed by atoms with E-state index in [1.54, 1.807) is 0 Å². The van der Waals surface area contributed by atoms with E-state index >= 15 is 0 Å². The highest BCUT2D eigenvalue weighted by Crippen LogP contribution is 1.96. The van der Waals surface area contributed by atoms with Crippen LogP contribution in [-0.4, -0.2) is 30.4 Å². The summed E-state index contributed by atoms with van der Waals surface area (Å²) in [7, 11) is 0. The molecule has 0 bridgehead atoms. The van der Waals surface area contributed by atoms with Crippen LogP contribution in [0.2, 0.25) is 0 Å². The average Bonchev–Trinajstić information content (AvgIpc) is 2.01. The minimum absolute atomic E-state index is 0.733. The van der Waals surface area contributed by atoms with Crippen LogP contribution in [0.4, 0.5) is 0 Å². The fourth-order valence-electron chi connectivity index (χ4n) is 1.04. The Morgan fingerprint density at radius 2 is 2.00 bits per heavy atom. The molecular weight excluding hydrogens is 170 g/mol. The van der Waals surface area contributed by atoms with Crippen LogP contribution in [0.15, 0.2) is 11.6 Å². The lowest BCUT2D eigenvalue weighted by Crippen LogP contribution is -2.26. The van der Waals surface area contributed by atoms with E-state index in [-0.39, 0.29) is 0 Å². The van der Waals surface area contributed by atoms with Crippen LogP contribution in [0, 0.1) is 0 Å². The van der Waals surface area contributed by atoms with E-state index < -0.39 is 0 Å². The molecule has 0 aliphatic carbocycles. The summed E-state index contributed by atoms with van der Waals surface area (Å²) in [6, 6.07) is 0. The van der Waals surface area contributed by atoms with Crippen molar-refractivity contribution in [3.63, 3.8) is 0 Å². The first kappa shape index (κ1) is 12.0. The summed E-state index contributed by atoms with van der Waals surface area (Å²) in [5.74, 6) is 0.733. The van der Waals surface area contributed by atoms with Crippen LogP contribution < -0.4 is 0 Å². The summed E-state index contributed by atoms with van der Waals surface area (Å²) in [5.41, 5.74) is 1.38. The summed E-state index contributed by atoms with van der Waals surface area (Å²) in [6.07, 6.45) is 3.45. The first-order chi connectivity index (χ1) is 5.70. The van der Waals surface area contributed by atoms with Crippen molar-refractivity contribution >= 4 is 11.6 Å². The second-order valence-electron chi connectivity index (χ2n) is 3.27. The van der Waals surface area contributed by atoms with Gasteiger partial charge in [0, 0.05) is 19.0 Å². The van der Waals surface area contributed by atoms with Crippen LogP contribution in [0.1, 0.15) is 27.2 Å². The third-order valence-corrected chi connectivity index (χ3v) is 1.87. The van der Waals surface area contributed by atoms with Gasteiger partial charge in [-0.2, -0.15) is 0 Å². The predicted octanol–water partition coefficient (Wildman–Crippen LogP) is 2.90. The van der Waals surface area contributed by atoms with Crippen molar-refractivity contribution in [2.75, 3.05) is 25.5 Å². The number of hydrogen-bond acceptors (Lipinski definition) is 1. The van der Waals surface area contributed by atoms with Gasteiger partial charge in [0.2, 0.25) is 0 Å². The first-order valence-corrected chi connectivity index (χ1v) is 5.15. The molecule has 0 rings (SSSR count). The quantitative estimate of drug-likeness (QED) is 0.459. The van der Waals surface area contributed by atoms with E-state index in [1.165, 1.54) is 12.0 Å². The molecule has 0 atom stereocenters. The Morgan fingerprint density at radius 3 is 2.42 bits per heavy atom. The fraction of sp³-hybridized carbons (Fsp3) is 0.800. The Balaban J connectivity index is 3.69. The molecule has 2 heteroatoms. The summed E-state index contributed by atoms with van der Waals surface area (Å²) >= 11 is 5.68. The molecule has 0 aromatic heterocycles. The van der Waals surface area contributed by atoms with Crippen molar-refractivity contribution in [1.29, 1.82) is 0 Å².